The first-order valence-electron chi connectivity index (χ1n) is 13.9. The maximum Gasteiger partial charge on any atom is 0.321 e. The second-order valence-electron chi connectivity index (χ2n) is 10.7. The Bertz CT molecular complexity index is 1520. The number of hydrogen-bond acceptors (Lipinski definition) is 7. The van der Waals surface area contributed by atoms with Crippen molar-refractivity contribution in [3.05, 3.63) is 78.4 Å². The fourth-order valence-corrected chi connectivity index (χ4v) is 5.84. The molecule has 12 heteroatoms. The van der Waals surface area contributed by atoms with Crippen LogP contribution in [0.2, 0.25) is 0 Å². The summed E-state index contributed by atoms with van der Waals surface area (Å²) in [5.74, 6) is 0.629. The Labute approximate surface area is 252 Å². The van der Waals surface area contributed by atoms with Crippen LogP contribution in [0.15, 0.2) is 77.7 Å². The molecule has 3 atom stereocenters. The minimum atomic E-state index is -3.86. The van der Waals surface area contributed by atoms with Crippen LogP contribution in [-0.2, 0) is 21.2 Å². The first-order chi connectivity index (χ1) is 20.5. The molecule has 3 N–H and O–H groups in total. The fourth-order valence-electron chi connectivity index (χ4n) is 4.77. The summed E-state index contributed by atoms with van der Waals surface area (Å²) < 4.78 is 40.1. The molecule has 0 aromatic heterocycles. The molecule has 0 saturated carbocycles. The number of urea groups is 1. The number of ether oxygens (including phenoxy) is 2. The summed E-state index contributed by atoms with van der Waals surface area (Å²) in [6.07, 6.45) is -0.593. The molecule has 1 aliphatic heterocycles. The van der Waals surface area contributed by atoms with E-state index in [1.807, 2.05) is 6.92 Å². The van der Waals surface area contributed by atoms with Crippen molar-refractivity contribution in [2.45, 2.75) is 37.3 Å². The number of fused-ring (bicyclic) bond motifs is 1. The van der Waals surface area contributed by atoms with Crippen molar-refractivity contribution in [3.63, 3.8) is 0 Å². The Kier molecular flexibility index (Phi) is 10.1. The SMILES string of the molecule is COc1ccc(NC(=O)N(C)C[C@H]2Oc3ccc(NS(=O)(=O)c4ccccc4)cc3CC(=O)N([C@H](C)CO)C[C@H]2C)cc1. The molecule has 0 aliphatic carbocycles. The number of hydrogen-bond donors (Lipinski definition) is 3. The van der Waals surface area contributed by atoms with Crippen molar-refractivity contribution in [1.29, 1.82) is 0 Å². The first-order valence-corrected chi connectivity index (χ1v) is 15.4. The molecule has 0 unspecified atom stereocenters. The van der Waals surface area contributed by atoms with Crippen molar-refractivity contribution < 1.29 is 32.6 Å². The van der Waals surface area contributed by atoms with Crippen LogP contribution in [0.1, 0.15) is 19.4 Å². The molecule has 11 nitrogen and oxygen atoms in total. The Balaban J connectivity index is 1.59. The molecule has 3 amide bonds. The Morgan fingerprint density at radius 3 is 2.44 bits per heavy atom. The monoisotopic (exact) mass is 610 g/mol. The highest BCUT2D eigenvalue weighted by Crippen LogP contribution is 2.30. The van der Waals surface area contributed by atoms with Crippen LogP contribution >= 0.6 is 0 Å². The highest BCUT2D eigenvalue weighted by atomic mass is 32.2. The summed E-state index contributed by atoms with van der Waals surface area (Å²) in [7, 11) is -0.634. The Hall–Kier alpha value is -4.29. The van der Waals surface area contributed by atoms with Crippen LogP contribution in [-0.4, -0.2) is 81.3 Å². The lowest BCUT2D eigenvalue weighted by Crippen LogP contribution is -2.48. The summed E-state index contributed by atoms with van der Waals surface area (Å²) in [5.41, 5.74) is 1.36. The minimum Gasteiger partial charge on any atom is -0.497 e. The molecular weight excluding hydrogens is 572 g/mol. The van der Waals surface area contributed by atoms with Crippen LogP contribution in [0, 0.1) is 5.92 Å². The van der Waals surface area contributed by atoms with E-state index in [-0.39, 0.29) is 48.0 Å². The predicted octanol–water partition coefficient (Wildman–Crippen LogP) is 3.81. The van der Waals surface area contributed by atoms with Crippen molar-refractivity contribution in [2.24, 2.45) is 5.92 Å². The van der Waals surface area contributed by atoms with Gasteiger partial charge in [0.05, 0.1) is 37.6 Å². The van der Waals surface area contributed by atoms with Gasteiger partial charge in [0.15, 0.2) is 0 Å². The molecule has 0 saturated heterocycles. The van der Waals surface area contributed by atoms with Gasteiger partial charge in [-0.05, 0) is 61.5 Å². The molecule has 43 heavy (non-hydrogen) atoms. The highest BCUT2D eigenvalue weighted by Gasteiger charge is 2.32. The summed E-state index contributed by atoms with van der Waals surface area (Å²) in [6.45, 7) is 3.95. The van der Waals surface area contributed by atoms with E-state index in [0.29, 0.717) is 29.3 Å². The number of anilines is 2. The Morgan fingerprint density at radius 1 is 1.12 bits per heavy atom. The van der Waals surface area contributed by atoms with Crippen molar-refractivity contribution in [1.82, 2.24) is 9.80 Å². The molecule has 230 valence electrons. The van der Waals surface area contributed by atoms with Gasteiger partial charge < -0.3 is 29.7 Å². The zero-order chi connectivity index (χ0) is 31.1. The van der Waals surface area contributed by atoms with Gasteiger partial charge in [0.25, 0.3) is 10.0 Å². The van der Waals surface area contributed by atoms with E-state index in [1.165, 1.54) is 17.0 Å². The molecular formula is C31H38N4O7S. The lowest BCUT2D eigenvalue weighted by molar-refractivity contribution is -0.134. The van der Waals surface area contributed by atoms with Crippen LogP contribution in [0.3, 0.4) is 0 Å². The number of methoxy groups -OCH3 is 1. The summed E-state index contributed by atoms with van der Waals surface area (Å²) in [6, 6.07) is 19.0. The van der Waals surface area contributed by atoms with Crippen molar-refractivity contribution in [2.75, 3.05) is 43.9 Å². The smallest absolute Gasteiger partial charge is 0.321 e. The van der Waals surface area contributed by atoms with Gasteiger partial charge in [-0.2, -0.15) is 0 Å². The van der Waals surface area contributed by atoms with Crippen LogP contribution in [0.4, 0.5) is 16.2 Å². The fraction of sp³-hybridized carbons (Fsp3) is 0.355. The zero-order valence-corrected chi connectivity index (χ0v) is 25.5. The number of carbonyl (C=O) groups is 2. The number of rotatable bonds is 9. The van der Waals surface area contributed by atoms with E-state index < -0.39 is 22.2 Å². The molecule has 3 aromatic rings. The van der Waals surface area contributed by atoms with Gasteiger partial charge in [-0.25, -0.2) is 13.2 Å². The predicted molar refractivity (Wildman–Crippen MR) is 164 cm³/mol. The number of nitrogens with one attached hydrogen (secondary N) is 2. The second kappa shape index (κ2) is 13.8. The van der Waals surface area contributed by atoms with E-state index in [0.717, 1.165) is 0 Å². The maximum absolute atomic E-state index is 13.5. The van der Waals surface area contributed by atoms with E-state index in [2.05, 4.69) is 10.0 Å². The third kappa shape index (κ3) is 7.96. The zero-order valence-electron chi connectivity index (χ0n) is 24.7. The van der Waals surface area contributed by atoms with Gasteiger partial charge in [-0.15, -0.1) is 0 Å². The summed E-state index contributed by atoms with van der Waals surface area (Å²) in [5, 5.41) is 12.7. The lowest BCUT2D eigenvalue weighted by atomic mass is 10.0. The van der Waals surface area contributed by atoms with Gasteiger partial charge >= 0.3 is 6.03 Å². The molecule has 3 aromatic carbocycles. The molecule has 0 spiro atoms. The van der Waals surface area contributed by atoms with Crippen LogP contribution in [0.5, 0.6) is 11.5 Å². The number of aliphatic hydroxyl groups excluding tert-OH is 1. The quantitative estimate of drug-likeness (QED) is 0.335. The molecule has 1 aliphatic rings. The average Bonchev–Trinajstić information content (AvgIpc) is 3.04. The van der Waals surface area contributed by atoms with E-state index in [4.69, 9.17) is 9.47 Å². The first kappa shape index (κ1) is 31.6. The number of likely N-dealkylation sites (N-methyl/N-ethyl adjacent to an activating group) is 1. The van der Waals surface area contributed by atoms with Gasteiger partial charge in [0.1, 0.15) is 17.6 Å². The number of sulfonamides is 1. The average molecular weight is 611 g/mol. The van der Waals surface area contributed by atoms with E-state index in [9.17, 15) is 23.1 Å². The van der Waals surface area contributed by atoms with Crippen LogP contribution in [0.25, 0.3) is 0 Å². The van der Waals surface area contributed by atoms with Crippen molar-refractivity contribution >= 4 is 33.3 Å². The number of carbonyl (C=O) groups excluding carboxylic acids is 2. The highest BCUT2D eigenvalue weighted by molar-refractivity contribution is 7.92. The molecule has 0 bridgehead atoms. The van der Waals surface area contributed by atoms with Gasteiger partial charge in [0.2, 0.25) is 5.91 Å². The maximum atomic E-state index is 13.5. The van der Waals surface area contributed by atoms with E-state index in [1.54, 1.807) is 86.6 Å². The standard InChI is InChI=1S/C31H38N4O7S/c1-21-18-35(22(2)20-36)30(37)17-23-16-25(33-43(39,40)27-8-6-5-7-9-27)12-15-28(23)42-29(21)19-34(3)31(38)32-24-10-13-26(41-4)14-11-24/h5-16,21-22,29,33,36H,17-20H2,1-4H3,(H,32,38)/t21-,22-,29-/m1/s1. The van der Waals surface area contributed by atoms with Gasteiger partial charge in [-0.1, -0.05) is 25.1 Å². The second-order valence-corrected chi connectivity index (χ2v) is 12.4. The van der Waals surface area contributed by atoms with E-state index >= 15 is 0 Å². The van der Waals surface area contributed by atoms with Gasteiger partial charge in [-0.3, -0.25) is 9.52 Å². The lowest BCUT2D eigenvalue weighted by Gasteiger charge is -2.34. The summed E-state index contributed by atoms with van der Waals surface area (Å²) in [4.78, 5) is 29.7. The molecule has 4 rings (SSSR count). The number of benzene rings is 3. The number of amides is 3. The minimum absolute atomic E-state index is 0.0617. The largest absolute Gasteiger partial charge is 0.497 e. The molecule has 1 heterocycles. The Morgan fingerprint density at radius 2 is 1.79 bits per heavy atom. The topological polar surface area (TPSA) is 138 Å². The summed E-state index contributed by atoms with van der Waals surface area (Å²) >= 11 is 0. The molecule has 0 fully saturated rings. The molecule has 0 radical (unpaired) electrons. The van der Waals surface area contributed by atoms with Crippen molar-refractivity contribution in [3.8, 4) is 11.5 Å². The number of nitrogens with zero attached hydrogens (tertiary/aromatic N) is 2. The van der Waals surface area contributed by atoms with Gasteiger partial charge in [0, 0.05) is 36.4 Å². The third-order valence-electron chi connectivity index (χ3n) is 7.36. The normalized spacial score (nSPS) is 17.8. The number of aliphatic hydroxyl groups is 1. The van der Waals surface area contributed by atoms with Crippen LogP contribution < -0.4 is 19.5 Å². The third-order valence-corrected chi connectivity index (χ3v) is 8.76.